The Hall–Kier alpha value is -3.25. The van der Waals surface area contributed by atoms with E-state index in [9.17, 15) is 0 Å². The Morgan fingerprint density at radius 3 is 2.39 bits per heavy atom. The lowest BCUT2D eigenvalue weighted by atomic mass is 10.1. The van der Waals surface area contributed by atoms with Gasteiger partial charge in [-0.1, -0.05) is 30.3 Å². The van der Waals surface area contributed by atoms with Crippen molar-refractivity contribution >= 4 is 33.7 Å². The SMILES string of the molecule is COc1ccc(CCn2c(-c3cccs3)nc3nc4ccccc4nc32)cc1. The summed E-state index contributed by atoms with van der Waals surface area (Å²) in [5.74, 6) is 1.79. The zero-order valence-electron chi connectivity index (χ0n) is 15.4. The molecule has 0 fully saturated rings. The van der Waals surface area contributed by atoms with Crippen LogP contribution in [0.15, 0.2) is 66.0 Å². The number of ether oxygens (including phenoxy) is 1. The van der Waals surface area contributed by atoms with Gasteiger partial charge >= 0.3 is 0 Å². The number of thiophene rings is 1. The van der Waals surface area contributed by atoms with Crippen molar-refractivity contribution in [2.24, 2.45) is 0 Å². The summed E-state index contributed by atoms with van der Waals surface area (Å²) >= 11 is 1.68. The van der Waals surface area contributed by atoms with Crippen LogP contribution in [0.2, 0.25) is 0 Å². The number of benzene rings is 2. The predicted molar refractivity (Wildman–Crippen MR) is 113 cm³/mol. The molecule has 0 spiro atoms. The maximum Gasteiger partial charge on any atom is 0.198 e. The highest BCUT2D eigenvalue weighted by atomic mass is 32.1. The number of methoxy groups -OCH3 is 1. The van der Waals surface area contributed by atoms with E-state index in [4.69, 9.17) is 19.7 Å². The topological polar surface area (TPSA) is 52.8 Å². The molecule has 0 aliphatic rings. The van der Waals surface area contributed by atoms with Gasteiger partial charge in [-0.3, -0.25) is 0 Å². The lowest BCUT2D eigenvalue weighted by Crippen LogP contribution is -2.04. The molecule has 6 heteroatoms. The molecule has 0 aliphatic carbocycles. The lowest BCUT2D eigenvalue weighted by molar-refractivity contribution is 0.414. The van der Waals surface area contributed by atoms with Gasteiger partial charge in [-0.2, -0.15) is 0 Å². The van der Waals surface area contributed by atoms with Gasteiger partial charge in [0.15, 0.2) is 17.1 Å². The van der Waals surface area contributed by atoms with Crippen LogP contribution in [0.3, 0.4) is 0 Å². The van der Waals surface area contributed by atoms with Gasteiger partial charge in [0.1, 0.15) is 5.75 Å². The highest BCUT2D eigenvalue weighted by Crippen LogP contribution is 2.28. The molecule has 3 heterocycles. The fourth-order valence-electron chi connectivity index (χ4n) is 3.34. The van der Waals surface area contributed by atoms with Crippen molar-refractivity contribution in [3.05, 3.63) is 71.6 Å². The summed E-state index contributed by atoms with van der Waals surface area (Å²) in [5.41, 5.74) is 4.52. The van der Waals surface area contributed by atoms with Crippen molar-refractivity contribution in [1.29, 1.82) is 0 Å². The average molecular weight is 386 g/mol. The molecule has 0 N–H and O–H groups in total. The standard InChI is InChI=1S/C22H18N4OS/c1-27-16-10-8-15(9-11-16)12-13-26-21(19-7-4-14-28-19)25-20-22(26)24-18-6-3-2-5-17(18)23-20/h2-11,14H,12-13H2,1H3. The predicted octanol–water partition coefficient (Wildman–Crippen LogP) is 4.96. The summed E-state index contributed by atoms with van der Waals surface area (Å²) in [5, 5.41) is 2.07. The van der Waals surface area contributed by atoms with Gasteiger partial charge < -0.3 is 9.30 Å². The molecule has 2 aromatic carbocycles. The van der Waals surface area contributed by atoms with Gasteiger partial charge in [-0.15, -0.1) is 11.3 Å². The van der Waals surface area contributed by atoms with E-state index >= 15 is 0 Å². The summed E-state index contributed by atoms with van der Waals surface area (Å²) in [6.07, 6.45) is 0.877. The Balaban J connectivity index is 1.59. The van der Waals surface area contributed by atoms with Crippen LogP contribution in [-0.2, 0) is 13.0 Å². The Labute approximate surface area is 166 Å². The Morgan fingerprint density at radius 2 is 1.68 bits per heavy atom. The number of aromatic nitrogens is 4. The highest BCUT2D eigenvalue weighted by Gasteiger charge is 2.16. The Morgan fingerprint density at radius 1 is 0.893 bits per heavy atom. The van der Waals surface area contributed by atoms with E-state index < -0.39 is 0 Å². The first-order valence-corrected chi connectivity index (χ1v) is 9.99. The van der Waals surface area contributed by atoms with Crippen molar-refractivity contribution in [3.63, 3.8) is 0 Å². The third-order valence-corrected chi connectivity index (χ3v) is 5.65. The molecule has 5 rings (SSSR count). The quantitative estimate of drug-likeness (QED) is 0.428. The van der Waals surface area contributed by atoms with Crippen LogP contribution < -0.4 is 4.74 Å². The minimum absolute atomic E-state index is 0.692. The Kier molecular flexibility index (Phi) is 4.25. The molecule has 138 valence electrons. The molecule has 0 radical (unpaired) electrons. The second-order valence-corrected chi connectivity index (χ2v) is 7.47. The van der Waals surface area contributed by atoms with Gasteiger partial charge in [0.2, 0.25) is 0 Å². The summed E-state index contributed by atoms with van der Waals surface area (Å²) < 4.78 is 7.44. The van der Waals surface area contributed by atoms with Gasteiger partial charge in [0.25, 0.3) is 0 Å². The first-order valence-electron chi connectivity index (χ1n) is 9.11. The molecule has 0 atom stereocenters. The molecule has 0 saturated heterocycles. The first-order chi connectivity index (χ1) is 13.8. The van der Waals surface area contributed by atoms with Gasteiger partial charge in [-0.25, -0.2) is 15.0 Å². The molecule has 0 aliphatic heterocycles. The number of aryl methyl sites for hydroxylation is 2. The number of nitrogens with zero attached hydrogens (tertiary/aromatic N) is 4. The van der Waals surface area contributed by atoms with Crippen molar-refractivity contribution < 1.29 is 4.74 Å². The number of hydrogen-bond donors (Lipinski definition) is 0. The zero-order chi connectivity index (χ0) is 18.9. The average Bonchev–Trinajstić information content (AvgIpc) is 3.39. The minimum Gasteiger partial charge on any atom is -0.497 e. The minimum atomic E-state index is 0.692. The monoisotopic (exact) mass is 386 g/mol. The van der Waals surface area contributed by atoms with Crippen LogP contribution >= 0.6 is 11.3 Å². The fourth-order valence-corrected chi connectivity index (χ4v) is 4.06. The van der Waals surface area contributed by atoms with E-state index in [1.807, 2.05) is 42.5 Å². The smallest absolute Gasteiger partial charge is 0.198 e. The van der Waals surface area contributed by atoms with E-state index in [1.54, 1.807) is 18.4 Å². The number of fused-ring (bicyclic) bond motifs is 2. The van der Waals surface area contributed by atoms with E-state index in [2.05, 4.69) is 28.1 Å². The van der Waals surface area contributed by atoms with Crippen LogP contribution in [0.1, 0.15) is 5.56 Å². The summed E-state index contributed by atoms with van der Waals surface area (Å²) in [7, 11) is 1.68. The van der Waals surface area contributed by atoms with Crippen molar-refractivity contribution in [2.45, 2.75) is 13.0 Å². The molecule has 5 aromatic rings. The second-order valence-electron chi connectivity index (χ2n) is 6.52. The van der Waals surface area contributed by atoms with Crippen LogP contribution in [0.4, 0.5) is 0 Å². The molecule has 0 saturated carbocycles. The maximum atomic E-state index is 5.25. The van der Waals surface area contributed by atoms with Crippen LogP contribution in [0.25, 0.3) is 33.0 Å². The van der Waals surface area contributed by atoms with E-state index in [1.165, 1.54) is 5.56 Å². The van der Waals surface area contributed by atoms with Gasteiger partial charge in [0.05, 0.1) is 23.0 Å². The number of rotatable bonds is 5. The summed E-state index contributed by atoms with van der Waals surface area (Å²) in [6, 6.07) is 20.3. The molecule has 28 heavy (non-hydrogen) atoms. The summed E-state index contributed by atoms with van der Waals surface area (Å²) in [6.45, 7) is 0.781. The second kappa shape index (κ2) is 7.05. The third-order valence-electron chi connectivity index (χ3n) is 4.78. The molecule has 5 nitrogen and oxygen atoms in total. The molecule has 0 bridgehead atoms. The largest absolute Gasteiger partial charge is 0.497 e. The third kappa shape index (κ3) is 3.01. The lowest BCUT2D eigenvalue weighted by Gasteiger charge is -2.08. The normalized spacial score (nSPS) is 11.3. The number of hydrogen-bond acceptors (Lipinski definition) is 5. The van der Waals surface area contributed by atoms with Crippen LogP contribution in [0.5, 0.6) is 5.75 Å². The van der Waals surface area contributed by atoms with E-state index in [0.29, 0.717) is 5.65 Å². The van der Waals surface area contributed by atoms with E-state index in [0.717, 1.165) is 46.1 Å². The Bertz CT molecular complexity index is 1240. The fraction of sp³-hybridized carbons (Fsp3) is 0.136. The zero-order valence-corrected chi connectivity index (χ0v) is 16.2. The van der Waals surface area contributed by atoms with Crippen molar-refractivity contribution in [1.82, 2.24) is 19.5 Å². The molecular weight excluding hydrogens is 368 g/mol. The van der Waals surface area contributed by atoms with Crippen LogP contribution in [-0.4, -0.2) is 26.6 Å². The van der Waals surface area contributed by atoms with Crippen LogP contribution in [0, 0.1) is 0 Å². The van der Waals surface area contributed by atoms with Gasteiger partial charge in [0, 0.05) is 6.54 Å². The van der Waals surface area contributed by atoms with Crippen molar-refractivity contribution in [3.8, 4) is 16.5 Å². The van der Waals surface area contributed by atoms with E-state index in [-0.39, 0.29) is 0 Å². The molecule has 0 unspecified atom stereocenters. The number of imidazole rings is 1. The molecule has 0 amide bonds. The highest BCUT2D eigenvalue weighted by molar-refractivity contribution is 7.13. The first kappa shape index (κ1) is 16.9. The number of para-hydroxylation sites is 2. The summed E-state index contributed by atoms with van der Waals surface area (Å²) in [4.78, 5) is 15.6. The molecule has 3 aromatic heterocycles. The molecular formula is C22H18N4OS. The van der Waals surface area contributed by atoms with Crippen molar-refractivity contribution in [2.75, 3.05) is 7.11 Å². The van der Waals surface area contributed by atoms with Gasteiger partial charge in [-0.05, 0) is 47.7 Å². The maximum absolute atomic E-state index is 5.25.